The average molecular weight is 456 g/mol. The number of methoxy groups -OCH3 is 2. The van der Waals surface area contributed by atoms with Crippen LogP contribution in [0.25, 0.3) is 22.2 Å². The van der Waals surface area contributed by atoms with E-state index in [2.05, 4.69) is 24.1 Å². The van der Waals surface area contributed by atoms with Gasteiger partial charge < -0.3 is 19.7 Å². The third kappa shape index (κ3) is 4.66. The lowest BCUT2D eigenvalue weighted by atomic mass is 10.0. The van der Waals surface area contributed by atoms with E-state index in [-0.39, 0.29) is 5.91 Å². The smallest absolute Gasteiger partial charge is 0.256 e. The van der Waals surface area contributed by atoms with Gasteiger partial charge in [0, 0.05) is 35.4 Å². The molecule has 34 heavy (non-hydrogen) atoms. The number of nitrogens with zero attached hydrogens (tertiary/aromatic N) is 2. The number of pyridine rings is 1. The Morgan fingerprint density at radius 2 is 1.59 bits per heavy atom. The summed E-state index contributed by atoms with van der Waals surface area (Å²) in [5, 5.41) is 3.84. The summed E-state index contributed by atoms with van der Waals surface area (Å²) in [4.78, 5) is 20.4. The normalized spacial score (nSPS) is 10.7. The van der Waals surface area contributed by atoms with E-state index < -0.39 is 0 Å². The molecule has 3 aromatic carbocycles. The molecule has 0 atom stereocenters. The van der Waals surface area contributed by atoms with Gasteiger partial charge in [-0.2, -0.15) is 0 Å². The first kappa shape index (κ1) is 23.1. The average Bonchev–Trinajstić information content (AvgIpc) is 2.89. The number of anilines is 2. The third-order valence-corrected chi connectivity index (χ3v) is 5.89. The van der Waals surface area contributed by atoms with Gasteiger partial charge in [-0.3, -0.25) is 4.79 Å². The zero-order valence-electron chi connectivity index (χ0n) is 20.0. The highest BCUT2D eigenvalue weighted by molar-refractivity contribution is 6.13. The van der Waals surface area contributed by atoms with E-state index in [1.807, 2.05) is 72.8 Å². The first-order valence-electron chi connectivity index (χ1n) is 11.4. The topological polar surface area (TPSA) is 63.7 Å². The van der Waals surface area contributed by atoms with Gasteiger partial charge in [-0.05, 0) is 68.4 Å². The van der Waals surface area contributed by atoms with Crippen molar-refractivity contribution in [2.75, 3.05) is 37.5 Å². The quantitative estimate of drug-likeness (QED) is 0.352. The largest absolute Gasteiger partial charge is 0.493 e. The van der Waals surface area contributed by atoms with Gasteiger partial charge in [0.15, 0.2) is 11.5 Å². The number of amides is 1. The van der Waals surface area contributed by atoms with E-state index in [0.717, 1.165) is 40.9 Å². The standard InChI is InChI=1S/C28H29N3O3/c1-5-31(6-2)21-14-12-20(13-15-21)29-28(32)23-18-25(30-24-10-8-7-9-22(23)24)19-11-16-26(33-3)27(17-19)34-4/h7-18H,5-6H2,1-4H3,(H,29,32). The summed E-state index contributed by atoms with van der Waals surface area (Å²) in [6.45, 7) is 6.13. The van der Waals surface area contributed by atoms with Crippen molar-refractivity contribution in [3.05, 3.63) is 78.4 Å². The third-order valence-electron chi connectivity index (χ3n) is 5.89. The van der Waals surface area contributed by atoms with Crippen molar-refractivity contribution in [3.8, 4) is 22.8 Å². The second-order valence-corrected chi connectivity index (χ2v) is 7.82. The monoisotopic (exact) mass is 455 g/mol. The molecule has 4 rings (SSSR count). The molecular formula is C28H29N3O3. The first-order chi connectivity index (χ1) is 16.6. The molecule has 0 unspecified atom stereocenters. The van der Waals surface area contributed by atoms with E-state index >= 15 is 0 Å². The van der Waals surface area contributed by atoms with Gasteiger partial charge in [-0.15, -0.1) is 0 Å². The van der Waals surface area contributed by atoms with Crippen LogP contribution in [0, 0.1) is 0 Å². The first-order valence-corrected chi connectivity index (χ1v) is 11.4. The molecule has 1 amide bonds. The molecule has 0 aliphatic rings. The lowest BCUT2D eigenvalue weighted by Crippen LogP contribution is -2.21. The van der Waals surface area contributed by atoms with Crippen LogP contribution in [0.5, 0.6) is 11.5 Å². The number of ether oxygens (including phenoxy) is 2. The Morgan fingerprint density at radius 3 is 2.26 bits per heavy atom. The van der Waals surface area contributed by atoms with E-state index in [1.165, 1.54) is 0 Å². The van der Waals surface area contributed by atoms with E-state index in [9.17, 15) is 4.79 Å². The number of aromatic nitrogens is 1. The Hall–Kier alpha value is -4.06. The van der Waals surface area contributed by atoms with Crippen LogP contribution in [0.1, 0.15) is 24.2 Å². The molecule has 6 heteroatoms. The zero-order valence-corrected chi connectivity index (χ0v) is 20.0. The molecule has 0 aliphatic carbocycles. The van der Waals surface area contributed by atoms with Gasteiger partial charge in [-0.1, -0.05) is 18.2 Å². The molecular weight excluding hydrogens is 426 g/mol. The van der Waals surface area contributed by atoms with Gasteiger partial charge in [0.25, 0.3) is 5.91 Å². The molecule has 0 fully saturated rings. The lowest BCUT2D eigenvalue weighted by Gasteiger charge is -2.21. The van der Waals surface area contributed by atoms with Crippen molar-refractivity contribution in [2.45, 2.75) is 13.8 Å². The zero-order chi connectivity index (χ0) is 24.1. The Morgan fingerprint density at radius 1 is 0.882 bits per heavy atom. The Labute approximate surface area is 200 Å². The molecule has 0 bridgehead atoms. The fraction of sp³-hybridized carbons (Fsp3) is 0.214. The maximum Gasteiger partial charge on any atom is 0.256 e. The summed E-state index contributed by atoms with van der Waals surface area (Å²) >= 11 is 0. The number of benzene rings is 3. The van der Waals surface area contributed by atoms with Gasteiger partial charge in [0.2, 0.25) is 0 Å². The van der Waals surface area contributed by atoms with Gasteiger partial charge in [0.1, 0.15) is 0 Å². The van der Waals surface area contributed by atoms with Crippen LogP contribution in [0.4, 0.5) is 11.4 Å². The Balaban J connectivity index is 1.70. The summed E-state index contributed by atoms with van der Waals surface area (Å²) in [5.74, 6) is 1.06. The second-order valence-electron chi connectivity index (χ2n) is 7.82. The number of hydrogen-bond donors (Lipinski definition) is 1. The molecule has 174 valence electrons. The summed E-state index contributed by atoms with van der Waals surface area (Å²) in [6, 6.07) is 23.0. The van der Waals surface area contributed by atoms with Crippen molar-refractivity contribution >= 4 is 28.2 Å². The maximum atomic E-state index is 13.4. The van der Waals surface area contributed by atoms with Crippen LogP contribution in [-0.2, 0) is 0 Å². The van der Waals surface area contributed by atoms with Crippen molar-refractivity contribution in [1.29, 1.82) is 0 Å². The molecule has 0 aliphatic heterocycles. The fourth-order valence-corrected chi connectivity index (χ4v) is 4.05. The minimum Gasteiger partial charge on any atom is -0.493 e. The predicted molar refractivity (Wildman–Crippen MR) is 138 cm³/mol. The van der Waals surface area contributed by atoms with Crippen LogP contribution in [0.15, 0.2) is 72.8 Å². The van der Waals surface area contributed by atoms with Gasteiger partial charge >= 0.3 is 0 Å². The number of fused-ring (bicyclic) bond motifs is 1. The fourth-order valence-electron chi connectivity index (χ4n) is 4.05. The van der Waals surface area contributed by atoms with Crippen molar-refractivity contribution in [2.24, 2.45) is 0 Å². The SMILES string of the molecule is CCN(CC)c1ccc(NC(=O)c2cc(-c3ccc(OC)c(OC)c3)nc3ccccc23)cc1. The molecule has 1 heterocycles. The van der Waals surface area contributed by atoms with Crippen LogP contribution in [-0.4, -0.2) is 38.2 Å². The van der Waals surface area contributed by atoms with Crippen LogP contribution in [0.2, 0.25) is 0 Å². The highest BCUT2D eigenvalue weighted by atomic mass is 16.5. The summed E-state index contributed by atoms with van der Waals surface area (Å²) in [5.41, 5.74) is 4.70. The summed E-state index contributed by atoms with van der Waals surface area (Å²) in [7, 11) is 3.20. The highest BCUT2D eigenvalue weighted by Crippen LogP contribution is 2.33. The molecule has 6 nitrogen and oxygen atoms in total. The minimum atomic E-state index is -0.184. The maximum absolute atomic E-state index is 13.4. The molecule has 0 saturated heterocycles. The van der Waals surface area contributed by atoms with Crippen molar-refractivity contribution < 1.29 is 14.3 Å². The Kier molecular flexibility index (Phi) is 6.97. The van der Waals surface area contributed by atoms with E-state index in [1.54, 1.807) is 14.2 Å². The van der Waals surface area contributed by atoms with Crippen LogP contribution < -0.4 is 19.7 Å². The van der Waals surface area contributed by atoms with Crippen LogP contribution >= 0.6 is 0 Å². The number of carbonyl (C=O) groups is 1. The number of rotatable bonds is 8. The predicted octanol–water partition coefficient (Wildman–Crippen LogP) is 6.02. The number of carbonyl (C=O) groups excluding carboxylic acids is 1. The van der Waals surface area contributed by atoms with E-state index in [0.29, 0.717) is 22.8 Å². The molecule has 0 spiro atoms. The van der Waals surface area contributed by atoms with Crippen molar-refractivity contribution in [3.63, 3.8) is 0 Å². The molecule has 1 N–H and O–H groups in total. The number of hydrogen-bond acceptors (Lipinski definition) is 5. The van der Waals surface area contributed by atoms with Gasteiger partial charge in [-0.25, -0.2) is 4.98 Å². The lowest BCUT2D eigenvalue weighted by molar-refractivity contribution is 0.102. The van der Waals surface area contributed by atoms with Crippen molar-refractivity contribution in [1.82, 2.24) is 4.98 Å². The molecule has 0 saturated carbocycles. The summed E-state index contributed by atoms with van der Waals surface area (Å²) < 4.78 is 10.8. The molecule has 1 aromatic heterocycles. The Bertz CT molecular complexity index is 1300. The molecule has 0 radical (unpaired) electrons. The van der Waals surface area contributed by atoms with Gasteiger partial charge in [0.05, 0.1) is 31.0 Å². The summed E-state index contributed by atoms with van der Waals surface area (Å²) in [6.07, 6.45) is 0. The van der Waals surface area contributed by atoms with E-state index in [4.69, 9.17) is 14.5 Å². The highest BCUT2D eigenvalue weighted by Gasteiger charge is 2.16. The minimum absolute atomic E-state index is 0.184. The second kappa shape index (κ2) is 10.3. The van der Waals surface area contributed by atoms with Crippen LogP contribution in [0.3, 0.4) is 0 Å². The number of nitrogens with one attached hydrogen (secondary N) is 1. The molecule has 4 aromatic rings. The number of para-hydroxylation sites is 1.